The van der Waals surface area contributed by atoms with E-state index in [0.717, 1.165) is 105 Å². The first kappa shape index (κ1) is 40.9. The summed E-state index contributed by atoms with van der Waals surface area (Å²) in [5.74, 6) is 2.98. The summed E-state index contributed by atoms with van der Waals surface area (Å²) in [5.41, 5.74) is 7.90. The Labute approximate surface area is 369 Å². The molecule has 0 spiro atoms. The quantitative estimate of drug-likeness (QED) is 0.160. The van der Waals surface area contributed by atoms with Crippen molar-refractivity contribution >= 4 is 96.3 Å². The normalized spacial score (nSPS) is 21.5. The summed E-state index contributed by atoms with van der Waals surface area (Å²) >= 11 is 0. The number of fused-ring (bicyclic) bond motifs is 4. The highest BCUT2D eigenvalue weighted by Crippen LogP contribution is 2.42. The summed E-state index contributed by atoms with van der Waals surface area (Å²) in [7, 11) is 0.107. The van der Waals surface area contributed by atoms with Crippen LogP contribution in [0.3, 0.4) is 0 Å². The van der Waals surface area contributed by atoms with Gasteiger partial charge < -0.3 is 24.9 Å². The number of amides is 2. The number of hydrogen-bond acceptors (Lipinski definition) is 13. The number of hydrogen-bond donors (Lipinski definition) is 2. The van der Waals surface area contributed by atoms with Crippen molar-refractivity contribution in [3.63, 3.8) is 0 Å². The maximum atomic E-state index is 13.8. The van der Waals surface area contributed by atoms with E-state index in [4.69, 9.17) is 9.97 Å². The smallest absolute Gasteiger partial charge is 0.342 e. The van der Waals surface area contributed by atoms with Gasteiger partial charge in [0.25, 0.3) is 0 Å². The van der Waals surface area contributed by atoms with Gasteiger partial charge in [0.2, 0.25) is 31.8 Å². The molecule has 0 bridgehead atoms. The van der Waals surface area contributed by atoms with Crippen molar-refractivity contribution in [2.24, 2.45) is 0 Å². The second-order valence-electron chi connectivity index (χ2n) is 19.0. The lowest BCUT2D eigenvalue weighted by molar-refractivity contribution is -0.534. The molecular weight excluding hydrogens is 825 g/mol. The molecule has 63 heavy (non-hydrogen) atoms. The Kier molecular flexibility index (Phi) is 10.1. The Morgan fingerprint density at radius 2 is 1.27 bits per heavy atom. The Hall–Kier alpha value is -6.15. The van der Waals surface area contributed by atoms with Gasteiger partial charge in [-0.15, -0.1) is 0 Å². The van der Waals surface area contributed by atoms with Crippen molar-refractivity contribution in [3.05, 3.63) is 72.4 Å². The predicted octanol–water partition coefficient (Wildman–Crippen LogP) is 6.87. The maximum Gasteiger partial charge on any atom is 0.386 e. The van der Waals surface area contributed by atoms with Gasteiger partial charge in [0, 0.05) is 63.8 Å². The summed E-state index contributed by atoms with van der Waals surface area (Å²) in [6.45, 7) is 12.1. The Morgan fingerprint density at radius 1 is 0.683 bits per heavy atom. The third-order valence-electron chi connectivity index (χ3n) is 14.3. The fraction of sp³-hybridized carbons (Fsp3) is 0.422. The van der Waals surface area contributed by atoms with Crippen LogP contribution in [0, 0.1) is 13.8 Å². The zero-order valence-corrected chi connectivity index (χ0v) is 39.2. The molecule has 2 fully saturated rings. The highest BCUT2D eigenvalue weighted by Gasteiger charge is 2.47. The summed E-state index contributed by atoms with van der Waals surface area (Å²) < 4.78 is 2.41. The van der Waals surface area contributed by atoms with E-state index in [9.17, 15) is 9.59 Å². The van der Waals surface area contributed by atoms with Crippen molar-refractivity contribution in [2.75, 3.05) is 57.4 Å². The number of nitrogens with zero attached hydrogens (tertiary/aromatic N) is 12. The zero-order valence-electron chi connectivity index (χ0n) is 37.2. The fourth-order valence-corrected chi connectivity index (χ4v) is 16.2. The molecule has 18 heteroatoms. The molecule has 4 aromatic heterocycles. The van der Waals surface area contributed by atoms with Crippen LogP contribution in [0.25, 0.3) is 21.9 Å². The van der Waals surface area contributed by atoms with E-state index in [1.807, 2.05) is 37.1 Å². The van der Waals surface area contributed by atoms with E-state index in [-0.39, 0.29) is 30.4 Å². The number of likely N-dealkylation sites (N-methyl/N-ethyl adjacent to an activating group) is 2. The highest BCUT2D eigenvalue weighted by molar-refractivity contribution is 6.77. The predicted molar refractivity (Wildman–Crippen MR) is 253 cm³/mol. The number of aromatic nitrogens is 8. The molecular formula is C45H55N14O2Si2+. The molecule has 0 unspecified atom stereocenters. The summed E-state index contributed by atoms with van der Waals surface area (Å²) in [4.78, 5) is 59.8. The van der Waals surface area contributed by atoms with Crippen molar-refractivity contribution in [3.8, 4) is 0 Å². The third kappa shape index (κ3) is 7.51. The Bertz CT molecular complexity index is 2810. The molecule has 2 aromatic carbocycles. The van der Waals surface area contributed by atoms with Crippen molar-refractivity contribution in [1.82, 2.24) is 35.1 Å². The first-order valence-corrected chi connectivity index (χ1v) is 28.4. The third-order valence-corrected chi connectivity index (χ3v) is 21.8. The molecule has 324 valence electrons. The monoisotopic (exact) mass is 879 g/mol. The van der Waals surface area contributed by atoms with E-state index in [0.29, 0.717) is 18.2 Å². The fourth-order valence-electron chi connectivity index (χ4n) is 10.0. The van der Waals surface area contributed by atoms with Crippen LogP contribution in [0.1, 0.15) is 36.8 Å². The highest BCUT2D eigenvalue weighted by atomic mass is 28.3. The van der Waals surface area contributed by atoms with E-state index in [1.54, 1.807) is 36.7 Å². The Balaban J connectivity index is 0.983. The van der Waals surface area contributed by atoms with Gasteiger partial charge in [-0.25, -0.2) is 10.3 Å². The molecule has 2 saturated heterocycles. The number of nitrogens with one attached hydrogen (secondary N) is 2. The van der Waals surface area contributed by atoms with E-state index >= 15 is 0 Å². The number of rotatable bonds is 7. The van der Waals surface area contributed by atoms with Gasteiger partial charge >= 0.3 is 5.95 Å². The molecule has 2 amide bonds. The van der Waals surface area contributed by atoms with Crippen LogP contribution in [0.2, 0.25) is 43.8 Å². The standard InChI is InChI=1S/C45H54N14O2Si2/c1-28-20-35-30(8-13-49-54-35)22-33(28)50-44-48-24-38-42(52-44)57(26-40(60)55(38)3)32-11-18-63(7,19-12-32)59-25-39-43(58(27-41(61)56(39)4)31-9-16-62(5,6)17-10-31)53-45(59)51-34-23-37-36(21-29(34)2)46-14-15-47-37/h8,13-15,20-25,31-32H,9-12,16-19,26-27H2,1-7H3,(H,48,49,50,52)/p+1. The number of anilines is 8. The van der Waals surface area contributed by atoms with E-state index in [2.05, 4.69) is 94.7 Å². The van der Waals surface area contributed by atoms with Crippen LogP contribution in [0.15, 0.2) is 61.3 Å². The Morgan fingerprint density at radius 3 is 1.95 bits per heavy atom. The SMILES string of the molecule is Cc1cc2nnccc2cc1Nc1ncc2c(n1)N(C1CC[Si](C)([n+]3cc4c(nc3Nc3cc5nccnc5cc3C)N(C3CC[Si](C)(C)CC3)CC(=O)N4C)CC1)CC(=O)N2C. The molecule has 16 nitrogen and oxygen atoms in total. The van der Waals surface area contributed by atoms with Gasteiger partial charge in [0.1, 0.15) is 23.6 Å². The van der Waals surface area contributed by atoms with Crippen LogP contribution in [0.5, 0.6) is 0 Å². The first-order chi connectivity index (χ1) is 30.2. The van der Waals surface area contributed by atoms with E-state index in [1.165, 1.54) is 12.1 Å². The van der Waals surface area contributed by atoms with Gasteiger partial charge in [-0.2, -0.15) is 15.2 Å². The van der Waals surface area contributed by atoms with Crippen LogP contribution >= 0.6 is 0 Å². The van der Waals surface area contributed by atoms with Crippen LogP contribution in [0.4, 0.5) is 46.3 Å². The molecule has 0 saturated carbocycles. The molecule has 6 aromatic rings. The molecule has 4 aliphatic rings. The summed E-state index contributed by atoms with van der Waals surface area (Å²) in [5, 5.41) is 16.5. The van der Waals surface area contributed by atoms with Gasteiger partial charge in [-0.1, -0.05) is 30.2 Å². The molecule has 4 aliphatic heterocycles. The average molecular weight is 880 g/mol. The average Bonchev–Trinajstić information content (AvgIpc) is 3.27. The molecule has 10 rings (SSSR count). The van der Waals surface area contributed by atoms with Crippen LogP contribution < -0.4 is 34.5 Å². The minimum absolute atomic E-state index is 0.0141. The van der Waals surface area contributed by atoms with Crippen molar-refractivity contribution < 1.29 is 13.8 Å². The topological polar surface area (TPSA) is 165 Å². The van der Waals surface area contributed by atoms with Crippen LogP contribution in [-0.4, -0.2) is 103 Å². The van der Waals surface area contributed by atoms with Crippen LogP contribution in [-0.2, 0) is 9.59 Å². The summed E-state index contributed by atoms with van der Waals surface area (Å²) in [6.07, 6.45) is 13.0. The molecule has 2 N–H and O–H groups in total. The minimum atomic E-state index is -2.36. The lowest BCUT2D eigenvalue weighted by atomic mass is 10.1. The van der Waals surface area contributed by atoms with Gasteiger partial charge in [0.05, 0.1) is 41.7 Å². The van der Waals surface area contributed by atoms with E-state index < -0.39 is 16.3 Å². The number of carbonyl (C=O) groups is 2. The molecule has 0 aliphatic carbocycles. The van der Waals surface area contributed by atoms with Gasteiger partial charge in [-0.3, -0.25) is 23.8 Å². The largest absolute Gasteiger partial charge is 0.386 e. The zero-order chi connectivity index (χ0) is 43.8. The maximum absolute atomic E-state index is 13.8. The first-order valence-electron chi connectivity index (χ1n) is 22.1. The molecule has 8 heterocycles. The molecule has 0 radical (unpaired) electrons. The minimum Gasteiger partial charge on any atom is -0.342 e. The van der Waals surface area contributed by atoms with Gasteiger partial charge in [0.15, 0.2) is 5.82 Å². The number of benzene rings is 2. The van der Waals surface area contributed by atoms with Crippen molar-refractivity contribution in [1.29, 1.82) is 0 Å². The summed E-state index contributed by atoms with van der Waals surface area (Å²) in [6, 6.07) is 14.9. The number of carbonyl (C=O) groups excluding carboxylic acids is 2. The lowest BCUT2D eigenvalue weighted by Gasteiger charge is -2.44. The van der Waals surface area contributed by atoms with Crippen molar-refractivity contribution in [2.45, 2.75) is 95.4 Å². The lowest BCUT2D eigenvalue weighted by Crippen LogP contribution is -2.66. The second-order valence-corrected chi connectivity index (χ2v) is 28.9. The second kappa shape index (κ2) is 15.6. The number of aryl methyl sites for hydroxylation is 2. The molecule has 0 atom stereocenters. The van der Waals surface area contributed by atoms with Gasteiger partial charge in [-0.05, 0) is 93.6 Å².